The van der Waals surface area contributed by atoms with Crippen molar-refractivity contribution in [1.82, 2.24) is 14.9 Å². The van der Waals surface area contributed by atoms with E-state index in [9.17, 15) is 4.79 Å². The van der Waals surface area contributed by atoms with E-state index in [1.54, 1.807) is 4.90 Å². The number of aryl methyl sites for hydroxylation is 1. The Labute approximate surface area is 164 Å². The first kappa shape index (κ1) is 19.2. The summed E-state index contributed by atoms with van der Waals surface area (Å²) in [4.78, 5) is 22.1. The van der Waals surface area contributed by atoms with E-state index in [0.717, 1.165) is 29.9 Å². The van der Waals surface area contributed by atoms with E-state index in [1.807, 2.05) is 38.1 Å². The highest BCUT2D eigenvalue weighted by Crippen LogP contribution is 2.24. The smallest absolute Gasteiger partial charge is 0.409 e. The van der Waals surface area contributed by atoms with Crippen LogP contribution >= 0.6 is 11.6 Å². The number of hydrogen-bond donors (Lipinski definition) is 2. The van der Waals surface area contributed by atoms with Crippen LogP contribution in [0.25, 0.3) is 0 Å². The van der Waals surface area contributed by atoms with Gasteiger partial charge in [-0.05, 0) is 44.4 Å². The van der Waals surface area contributed by atoms with Gasteiger partial charge in [0.25, 0.3) is 0 Å². The zero-order valence-corrected chi connectivity index (χ0v) is 16.3. The molecule has 1 aromatic carbocycles. The number of nitrogens with one attached hydrogen (secondary N) is 2. The number of hydrogen-bond acceptors (Lipinski definition) is 6. The number of rotatable bonds is 5. The first-order valence-electron chi connectivity index (χ1n) is 9.08. The number of piperidine rings is 1. The molecule has 0 unspecified atom stereocenters. The van der Waals surface area contributed by atoms with Crippen LogP contribution in [0.4, 0.5) is 22.1 Å². The van der Waals surface area contributed by atoms with Gasteiger partial charge in [0.15, 0.2) is 0 Å². The Bertz CT molecular complexity index is 793. The molecule has 2 heterocycles. The van der Waals surface area contributed by atoms with Crippen LogP contribution in [-0.4, -0.2) is 46.7 Å². The predicted octanol–water partition coefficient (Wildman–Crippen LogP) is 4.21. The summed E-state index contributed by atoms with van der Waals surface area (Å²) in [7, 11) is 0. The third-order valence-electron chi connectivity index (χ3n) is 4.50. The second-order valence-electron chi connectivity index (χ2n) is 6.48. The Morgan fingerprint density at radius 3 is 2.74 bits per heavy atom. The second-order valence-corrected chi connectivity index (χ2v) is 6.91. The van der Waals surface area contributed by atoms with Crippen molar-refractivity contribution in [2.24, 2.45) is 0 Å². The number of nitrogens with zero attached hydrogens (tertiary/aromatic N) is 3. The Morgan fingerprint density at radius 1 is 1.26 bits per heavy atom. The van der Waals surface area contributed by atoms with E-state index in [1.165, 1.54) is 6.33 Å². The van der Waals surface area contributed by atoms with E-state index in [4.69, 9.17) is 16.3 Å². The van der Waals surface area contributed by atoms with E-state index in [2.05, 4.69) is 20.6 Å². The molecule has 0 aliphatic carbocycles. The molecule has 0 bridgehead atoms. The fourth-order valence-corrected chi connectivity index (χ4v) is 3.17. The van der Waals surface area contributed by atoms with Crippen LogP contribution in [0.2, 0.25) is 5.02 Å². The molecule has 3 rings (SSSR count). The lowest BCUT2D eigenvalue weighted by molar-refractivity contribution is 0.0983. The molecule has 0 radical (unpaired) electrons. The van der Waals surface area contributed by atoms with Crippen molar-refractivity contribution in [3.8, 4) is 0 Å². The molecular weight excluding hydrogens is 366 g/mol. The number of amides is 1. The van der Waals surface area contributed by atoms with Crippen molar-refractivity contribution in [1.29, 1.82) is 0 Å². The van der Waals surface area contributed by atoms with Crippen LogP contribution in [0.5, 0.6) is 0 Å². The first-order chi connectivity index (χ1) is 13.0. The topological polar surface area (TPSA) is 79.4 Å². The molecule has 1 aliphatic rings. The van der Waals surface area contributed by atoms with Crippen LogP contribution in [0.3, 0.4) is 0 Å². The van der Waals surface area contributed by atoms with Crippen molar-refractivity contribution >= 4 is 35.0 Å². The molecule has 2 aromatic rings. The van der Waals surface area contributed by atoms with Crippen molar-refractivity contribution in [3.05, 3.63) is 41.2 Å². The van der Waals surface area contributed by atoms with Crippen LogP contribution in [0.1, 0.15) is 25.3 Å². The maximum Gasteiger partial charge on any atom is 0.409 e. The molecule has 1 saturated heterocycles. The highest BCUT2D eigenvalue weighted by Gasteiger charge is 2.23. The average Bonchev–Trinajstić information content (AvgIpc) is 2.66. The number of carbonyl (C=O) groups is 1. The SMILES string of the molecule is CCOC(=O)N1CCC(Nc2cc(Nc3cc(Cl)ccc3C)ncn2)CC1. The fourth-order valence-electron chi connectivity index (χ4n) is 3.00. The van der Waals surface area contributed by atoms with Crippen LogP contribution < -0.4 is 10.6 Å². The largest absolute Gasteiger partial charge is 0.450 e. The third kappa shape index (κ3) is 5.23. The Hall–Kier alpha value is -2.54. The third-order valence-corrected chi connectivity index (χ3v) is 4.74. The van der Waals surface area contributed by atoms with Crippen molar-refractivity contribution < 1.29 is 9.53 Å². The molecule has 0 saturated carbocycles. The monoisotopic (exact) mass is 389 g/mol. The van der Waals surface area contributed by atoms with E-state index >= 15 is 0 Å². The zero-order valence-electron chi connectivity index (χ0n) is 15.5. The van der Waals surface area contributed by atoms with Gasteiger partial charge in [-0.15, -0.1) is 0 Å². The van der Waals surface area contributed by atoms with Crippen molar-refractivity contribution in [2.75, 3.05) is 30.3 Å². The van der Waals surface area contributed by atoms with Crippen molar-refractivity contribution in [3.63, 3.8) is 0 Å². The van der Waals surface area contributed by atoms with Gasteiger partial charge in [0.1, 0.15) is 18.0 Å². The lowest BCUT2D eigenvalue weighted by Crippen LogP contribution is -2.42. The molecule has 7 nitrogen and oxygen atoms in total. The standard InChI is InChI=1S/C19H24ClN5O2/c1-3-27-19(26)25-8-6-15(7-9-25)23-17-11-18(22-12-21-17)24-16-10-14(20)5-4-13(16)2/h4-5,10-12,15H,3,6-9H2,1-2H3,(H2,21,22,23,24). The first-order valence-corrected chi connectivity index (χ1v) is 9.46. The van der Waals surface area contributed by atoms with E-state index in [0.29, 0.717) is 30.5 Å². The summed E-state index contributed by atoms with van der Waals surface area (Å²) in [6.45, 7) is 5.58. The van der Waals surface area contributed by atoms with Gasteiger partial charge in [-0.3, -0.25) is 0 Å². The molecule has 8 heteroatoms. The minimum atomic E-state index is -0.235. The van der Waals surface area contributed by atoms with Gasteiger partial charge in [-0.2, -0.15) is 0 Å². The molecule has 1 aromatic heterocycles. The van der Waals surface area contributed by atoms with Gasteiger partial charge in [-0.1, -0.05) is 17.7 Å². The summed E-state index contributed by atoms with van der Waals surface area (Å²) < 4.78 is 5.05. The molecule has 1 fully saturated rings. The highest BCUT2D eigenvalue weighted by atomic mass is 35.5. The molecule has 1 aliphatic heterocycles. The number of halogens is 1. The number of ether oxygens (including phenoxy) is 1. The minimum Gasteiger partial charge on any atom is -0.450 e. The molecule has 0 spiro atoms. The molecule has 144 valence electrons. The molecule has 1 amide bonds. The summed E-state index contributed by atoms with van der Waals surface area (Å²) in [6, 6.07) is 7.82. The van der Waals surface area contributed by atoms with Gasteiger partial charge in [0.2, 0.25) is 0 Å². The Kier molecular flexibility index (Phi) is 6.34. The van der Waals surface area contributed by atoms with Gasteiger partial charge in [-0.25, -0.2) is 14.8 Å². The lowest BCUT2D eigenvalue weighted by atomic mass is 10.1. The second kappa shape index (κ2) is 8.90. The van der Waals surface area contributed by atoms with E-state index in [-0.39, 0.29) is 12.1 Å². The summed E-state index contributed by atoms with van der Waals surface area (Å²) in [6.07, 6.45) is 2.98. The van der Waals surface area contributed by atoms with Gasteiger partial charge < -0.3 is 20.3 Å². The molecular formula is C19H24ClN5O2. The Morgan fingerprint density at radius 2 is 2.00 bits per heavy atom. The summed E-state index contributed by atoms with van der Waals surface area (Å²) in [5.74, 6) is 1.45. The van der Waals surface area contributed by atoms with Gasteiger partial charge in [0.05, 0.1) is 6.61 Å². The van der Waals surface area contributed by atoms with E-state index < -0.39 is 0 Å². The quantitative estimate of drug-likeness (QED) is 0.797. The van der Waals surface area contributed by atoms with Crippen LogP contribution in [0.15, 0.2) is 30.6 Å². The zero-order chi connectivity index (χ0) is 19.2. The minimum absolute atomic E-state index is 0.235. The maximum absolute atomic E-state index is 11.8. The lowest BCUT2D eigenvalue weighted by Gasteiger charge is -2.31. The predicted molar refractivity (Wildman–Crippen MR) is 107 cm³/mol. The normalized spacial score (nSPS) is 14.7. The van der Waals surface area contributed by atoms with Crippen LogP contribution in [0, 0.1) is 6.92 Å². The number of carbonyl (C=O) groups excluding carboxylic acids is 1. The number of anilines is 3. The summed E-state index contributed by atoms with van der Waals surface area (Å²) in [5.41, 5.74) is 1.99. The number of benzene rings is 1. The average molecular weight is 390 g/mol. The maximum atomic E-state index is 11.8. The van der Waals surface area contributed by atoms with Crippen molar-refractivity contribution in [2.45, 2.75) is 32.7 Å². The van der Waals surface area contributed by atoms with Gasteiger partial charge >= 0.3 is 6.09 Å². The highest BCUT2D eigenvalue weighted by molar-refractivity contribution is 6.30. The fraction of sp³-hybridized carbons (Fsp3) is 0.421. The molecule has 2 N–H and O–H groups in total. The van der Waals surface area contributed by atoms with Crippen LogP contribution in [-0.2, 0) is 4.74 Å². The summed E-state index contributed by atoms with van der Waals surface area (Å²) in [5, 5.41) is 7.38. The Balaban J connectivity index is 1.58. The number of aromatic nitrogens is 2. The summed E-state index contributed by atoms with van der Waals surface area (Å²) >= 11 is 6.07. The molecule has 0 atom stereocenters. The van der Waals surface area contributed by atoms with Gasteiger partial charge in [0, 0.05) is 35.9 Å². The number of likely N-dealkylation sites (tertiary alicyclic amines) is 1. The molecule has 27 heavy (non-hydrogen) atoms.